The molecule has 2 fully saturated rings. The van der Waals surface area contributed by atoms with Crippen LogP contribution in [-0.4, -0.2) is 13.1 Å². The topological polar surface area (TPSA) is 51.5 Å². The number of carbonyl (C=O) groups is 1. The molecule has 0 unspecified atom stereocenters. The number of allylic oxidation sites excluding steroid dienone is 1. The molecule has 2 aromatic rings. The summed E-state index contributed by atoms with van der Waals surface area (Å²) < 4.78 is 11.1. The lowest BCUT2D eigenvalue weighted by molar-refractivity contribution is -0.168. The SMILES string of the molecule is C=C1CC[C@@H]2[C@](C)(CCC[C@]2(C)C(=O)OC)[C@H]1CCc1ccoc1CNCc1ccccc1. The second kappa shape index (κ2) is 9.89. The summed E-state index contributed by atoms with van der Waals surface area (Å²) in [4.78, 5) is 12.8. The Morgan fingerprint density at radius 3 is 2.73 bits per heavy atom. The van der Waals surface area contributed by atoms with E-state index in [0.717, 1.165) is 63.8 Å². The fourth-order valence-corrected chi connectivity index (χ4v) is 6.92. The predicted molar refractivity (Wildman–Crippen MR) is 131 cm³/mol. The Balaban J connectivity index is 1.43. The molecular weight excluding hydrogens is 410 g/mol. The Hall–Kier alpha value is -2.33. The minimum atomic E-state index is -0.386. The van der Waals surface area contributed by atoms with Crippen molar-refractivity contribution in [3.05, 3.63) is 71.7 Å². The van der Waals surface area contributed by atoms with Crippen LogP contribution in [0.25, 0.3) is 0 Å². The molecule has 4 atom stereocenters. The van der Waals surface area contributed by atoms with Crippen molar-refractivity contribution >= 4 is 5.97 Å². The third kappa shape index (κ3) is 4.68. The number of ether oxygens (including phenoxy) is 1. The highest BCUT2D eigenvalue weighted by molar-refractivity contribution is 5.77. The number of rotatable bonds is 8. The molecule has 2 aliphatic rings. The van der Waals surface area contributed by atoms with Crippen LogP contribution in [0.3, 0.4) is 0 Å². The van der Waals surface area contributed by atoms with Gasteiger partial charge in [-0.05, 0) is 79.9 Å². The average molecular weight is 450 g/mol. The van der Waals surface area contributed by atoms with E-state index in [4.69, 9.17) is 9.15 Å². The lowest BCUT2D eigenvalue weighted by Gasteiger charge is -2.57. The summed E-state index contributed by atoms with van der Waals surface area (Å²) in [6, 6.07) is 12.6. The number of benzene rings is 1. The zero-order valence-electron chi connectivity index (χ0n) is 20.5. The average Bonchev–Trinajstić information content (AvgIpc) is 3.25. The van der Waals surface area contributed by atoms with Crippen molar-refractivity contribution < 1.29 is 13.9 Å². The maximum absolute atomic E-state index is 12.8. The molecule has 33 heavy (non-hydrogen) atoms. The maximum Gasteiger partial charge on any atom is 0.311 e. The van der Waals surface area contributed by atoms with Crippen LogP contribution in [0.2, 0.25) is 0 Å². The van der Waals surface area contributed by atoms with Gasteiger partial charge in [0.25, 0.3) is 0 Å². The molecule has 4 rings (SSSR count). The van der Waals surface area contributed by atoms with Crippen LogP contribution in [0, 0.1) is 22.7 Å². The molecule has 0 spiro atoms. The minimum absolute atomic E-state index is 0.0358. The summed E-state index contributed by atoms with van der Waals surface area (Å²) in [6.07, 6.45) is 9.04. The first-order valence-electron chi connectivity index (χ1n) is 12.4. The smallest absolute Gasteiger partial charge is 0.311 e. The van der Waals surface area contributed by atoms with Gasteiger partial charge in [0.15, 0.2) is 0 Å². The lowest BCUT2D eigenvalue weighted by Crippen LogP contribution is -2.53. The van der Waals surface area contributed by atoms with Crippen molar-refractivity contribution in [3.63, 3.8) is 0 Å². The zero-order valence-corrected chi connectivity index (χ0v) is 20.5. The van der Waals surface area contributed by atoms with E-state index in [2.05, 4.69) is 56.1 Å². The van der Waals surface area contributed by atoms with Crippen LogP contribution in [0.4, 0.5) is 0 Å². The van der Waals surface area contributed by atoms with Gasteiger partial charge in [-0.3, -0.25) is 4.79 Å². The van der Waals surface area contributed by atoms with Gasteiger partial charge < -0.3 is 14.5 Å². The van der Waals surface area contributed by atoms with E-state index < -0.39 is 0 Å². The maximum atomic E-state index is 12.8. The minimum Gasteiger partial charge on any atom is -0.469 e. The monoisotopic (exact) mass is 449 g/mol. The Bertz CT molecular complexity index is 964. The summed E-state index contributed by atoms with van der Waals surface area (Å²) in [5, 5.41) is 3.51. The molecule has 4 nitrogen and oxygen atoms in total. The third-order valence-corrected chi connectivity index (χ3v) is 8.67. The molecule has 4 heteroatoms. The second-order valence-electron chi connectivity index (χ2n) is 10.6. The normalized spacial score (nSPS) is 29.5. The Kier molecular flexibility index (Phi) is 7.13. The van der Waals surface area contributed by atoms with Crippen LogP contribution >= 0.6 is 0 Å². The van der Waals surface area contributed by atoms with Gasteiger partial charge in [0, 0.05) is 6.54 Å². The van der Waals surface area contributed by atoms with Crippen molar-refractivity contribution in [1.29, 1.82) is 0 Å². The second-order valence-corrected chi connectivity index (χ2v) is 10.6. The molecule has 0 amide bonds. The lowest BCUT2D eigenvalue weighted by atomic mass is 9.46. The van der Waals surface area contributed by atoms with Crippen LogP contribution < -0.4 is 5.32 Å². The van der Waals surface area contributed by atoms with E-state index in [0.29, 0.717) is 11.8 Å². The molecule has 0 bridgehead atoms. The van der Waals surface area contributed by atoms with Crippen LogP contribution in [0.5, 0.6) is 0 Å². The Morgan fingerprint density at radius 1 is 1.18 bits per heavy atom. The first-order valence-corrected chi connectivity index (χ1v) is 12.4. The first-order chi connectivity index (χ1) is 15.9. The number of carbonyl (C=O) groups excluding carboxylic acids is 1. The third-order valence-electron chi connectivity index (χ3n) is 8.67. The Morgan fingerprint density at radius 2 is 1.97 bits per heavy atom. The zero-order chi connectivity index (χ0) is 23.5. The number of methoxy groups -OCH3 is 1. The molecule has 0 radical (unpaired) electrons. The summed E-state index contributed by atoms with van der Waals surface area (Å²) in [5.74, 6) is 1.75. The van der Waals surface area contributed by atoms with Crippen molar-refractivity contribution in [3.8, 4) is 0 Å². The number of esters is 1. The van der Waals surface area contributed by atoms with Gasteiger partial charge in [0.05, 0.1) is 25.3 Å². The summed E-state index contributed by atoms with van der Waals surface area (Å²) in [7, 11) is 1.53. The van der Waals surface area contributed by atoms with E-state index in [-0.39, 0.29) is 16.8 Å². The van der Waals surface area contributed by atoms with E-state index >= 15 is 0 Å². The Labute approximate surface area is 198 Å². The highest BCUT2D eigenvalue weighted by atomic mass is 16.5. The summed E-state index contributed by atoms with van der Waals surface area (Å²) in [6.45, 7) is 10.6. The molecule has 1 aromatic carbocycles. The molecule has 2 aliphatic carbocycles. The fourth-order valence-electron chi connectivity index (χ4n) is 6.92. The fraction of sp³-hybridized carbons (Fsp3) is 0.552. The van der Waals surface area contributed by atoms with Gasteiger partial charge >= 0.3 is 5.97 Å². The van der Waals surface area contributed by atoms with Crippen molar-refractivity contribution in [2.24, 2.45) is 22.7 Å². The number of hydrogen-bond donors (Lipinski definition) is 1. The predicted octanol–water partition coefficient (Wildman–Crippen LogP) is 6.45. The highest BCUT2D eigenvalue weighted by Gasteiger charge is 2.57. The molecule has 178 valence electrons. The van der Waals surface area contributed by atoms with Gasteiger partial charge in [-0.15, -0.1) is 0 Å². The molecule has 1 N–H and O–H groups in total. The number of aryl methyl sites for hydroxylation is 1. The molecule has 1 heterocycles. The van der Waals surface area contributed by atoms with E-state index in [1.54, 1.807) is 0 Å². The van der Waals surface area contributed by atoms with E-state index in [1.165, 1.54) is 23.8 Å². The van der Waals surface area contributed by atoms with Crippen LogP contribution in [0.15, 0.2) is 59.2 Å². The highest BCUT2D eigenvalue weighted by Crippen LogP contribution is 2.62. The first kappa shape index (κ1) is 23.8. The number of hydrogen-bond acceptors (Lipinski definition) is 4. The van der Waals surface area contributed by atoms with Gasteiger partial charge in [0.1, 0.15) is 5.76 Å². The molecule has 1 aromatic heterocycles. The van der Waals surface area contributed by atoms with E-state index in [9.17, 15) is 4.79 Å². The standard InChI is InChI=1S/C29H39NO3/c1-21-11-14-26-28(2,16-8-17-29(26,3)27(31)32-4)24(21)13-12-23-15-18-33-25(23)20-30-19-22-9-6-5-7-10-22/h5-7,9-10,15,18,24,26,30H,1,8,11-14,16-17,19-20H2,2-4H3/t24-,26+,28+,29-/m0/s1. The number of nitrogens with one attached hydrogen (secondary N) is 1. The van der Waals surface area contributed by atoms with Crippen molar-refractivity contribution in [1.82, 2.24) is 5.32 Å². The van der Waals surface area contributed by atoms with Gasteiger partial charge in [0.2, 0.25) is 0 Å². The quantitative estimate of drug-likeness (QED) is 0.371. The number of fused-ring (bicyclic) bond motifs is 1. The number of furan rings is 1. The van der Waals surface area contributed by atoms with Crippen molar-refractivity contribution in [2.45, 2.75) is 71.9 Å². The largest absolute Gasteiger partial charge is 0.469 e. The summed E-state index contributed by atoms with van der Waals surface area (Å²) >= 11 is 0. The van der Waals surface area contributed by atoms with Crippen LogP contribution in [0.1, 0.15) is 69.3 Å². The molecule has 0 saturated heterocycles. The van der Waals surface area contributed by atoms with Crippen molar-refractivity contribution in [2.75, 3.05) is 7.11 Å². The van der Waals surface area contributed by atoms with Gasteiger partial charge in [-0.2, -0.15) is 0 Å². The van der Waals surface area contributed by atoms with Crippen LogP contribution in [-0.2, 0) is 29.0 Å². The van der Waals surface area contributed by atoms with E-state index in [1.807, 2.05) is 12.3 Å². The molecular formula is C29H39NO3. The van der Waals surface area contributed by atoms with Gasteiger partial charge in [-0.25, -0.2) is 0 Å². The molecule has 2 saturated carbocycles. The molecule has 0 aliphatic heterocycles. The van der Waals surface area contributed by atoms with Gasteiger partial charge in [-0.1, -0.05) is 55.8 Å². The summed E-state index contributed by atoms with van der Waals surface area (Å²) in [5.41, 5.74) is 3.61.